The molecule has 110 valence electrons. The number of benzene rings is 2. The van der Waals surface area contributed by atoms with Crippen LogP contribution in [0.5, 0.6) is 23.0 Å². The van der Waals surface area contributed by atoms with Gasteiger partial charge in [0.2, 0.25) is 0 Å². The lowest BCUT2D eigenvalue weighted by atomic mass is 9.94. The van der Waals surface area contributed by atoms with Gasteiger partial charge in [-0.15, -0.1) is 0 Å². The van der Waals surface area contributed by atoms with Crippen molar-refractivity contribution >= 4 is 0 Å². The molecule has 2 aromatic rings. The molecule has 0 saturated heterocycles. The molecule has 2 aromatic carbocycles. The Morgan fingerprint density at radius 3 is 2.67 bits per heavy atom. The third kappa shape index (κ3) is 2.60. The van der Waals surface area contributed by atoms with Crippen LogP contribution in [0.25, 0.3) is 0 Å². The van der Waals surface area contributed by atoms with E-state index < -0.39 is 12.2 Å². The van der Waals surface area contributed by atoms with Gasteiger partial charge in [-0.25, -0.2) is 0 Å². The van der Waals surface area contributed by atoms with Crippen molar-refractivity contribution in [1.29, 1.82) is 0 Å². The molecule has 21 heavy (non-hydrogen) atoms. The van der Waals surface area contributed by atoms with Crippen molar-refractivity contribution in [1.82, 2.24) is 0 Å². The van der Waals surface area contributed by atoms with Crippen molar-refractivity contribution in [2.24, 2.45) is 0 Å². The van der Waals surface area contributed by atoms with Crippen molar-refractivity contribution in [3.05, 3.63) is 47.5 Å². The Hall–Kier alpha value is -2.40. The molecule has 1 heterocycles. The van der Waals surface area contributed by atoms with E-state index >= 15 is 0 Å². The van der Waals surface area contributed by atoms with Crippen LogP contribution in [0.2, 0.25) is 0 Å². The first-order valence-corrected chi connectivity index (χ1v) is 6.61. The van der Waals surface area contributed by atoms with Gasteiger partial charge in [-0.2, -0.15) is 0 Å². The van der Waals surface area contributed by atoms with Crippen LogP contribution in [0.4, 0.5) is 0 Å². The number of phenolic OH excluding ortho intramolecular Hbond substituents is 2. The van der Waals surface area contributed by atoms with Gasteiger partial charge >= 0.3 is 0 Å². The van der Waals surface area contributed by atoms with Gasteiger partial charge in [0.05, 0.1) is 13.2 Å². The minimum Gasteiger partial charge on any atom is -0.508 e. The first kappa shape index (κ1) is 13.6. The Bertz CT molecular complexity index is 668. The summed E-state index contributed by atoms with van der Waals surface area (Å²) in [7, 11) is 1.50. The summed E-state index contributed by atoms with van der Waals surface area (Å²) in [6.45, 7) is 0. The van der Waals surface area contributed by atoms with Crippen LogP contribution in [-0.4, -0.2) is 28.5 Å². The maximum Gasteiger partial charge on any atom is 0.150 e. The predicted molar refractivity (Wildman–Crippen MR) is 75.8 cm³/mol. The summed E-state index contributed by atoms with van der Waals surface area (Å²) in [5.41, 5.74) is 1.46. The summed E-state index contributed by atoms with van der Waals surface area (Å²) in [6.07, 6.45) is -0.952. The molecule has 3 rings (SSSR count). The smallest absolute Gasteiger partial charge is 0.150 e. The van der Waals surface area contributed by atoms with Gasteiger partial charge in [-0.05, 0) is 23.8 Å². The predicted octanol–water partition coefficient (Wildman–Crippen LogP) is 2.14. The van der Waals surface area contributed by atoms with E-state index in [0.29, 0.717) is 23.5 Å². The number of aromatic hydroxyl groups is 2. The molecule has 1 aliphatic heterocycles. The van der Waals surface area contributed by atoms with E-state index in [2.05, 4.69) is 0 Å². The maximum atomic E-state index is 10.3. The highest BCUT2D eigenvalue weighted by molar-refractivity contribution is 5.45. The molecule has 0 fully saturated rings. The van der Waals surface area contributed by atoms with Gasteiger partial charge in [0.1, 0.15) is 23.0 Å². The molecule has 0 spiro atoms. The normalized spacial score (nSPS) is 20.5. The molecule has 0 radical (unpaired) electrons. The number of hydrogen-bond acceptors (Lipinski definition) is 5. The van der Waals surface area contributed by atoms with Crippen LogP contribution in [-0.2, 0) is 6.42 Å². The highest BCUT2D eigenvalue weighted by Gasteiger charge is 2.30. The van der Waals surface area contributed by atoms with E-state index in [-0.39, 0.29) is 11.5 Å². The fourth-order valence-electron chi connectivity index (χ4n) is 2.55. The van der Waals surface area contributed by atoms with Gasteiger partial charge < -0.3 is 24.8 Å². The van der Waals surface area contributed by atoms with Crippen LogP contribution in [0.1, 0.15) is 17.2 Å². The topological polar surface area (TPSA) is 79.2 Å². The maximum absolute atomic E-state index is 10.3. The highest BCUT2D eigenvalue weighted by atomic mass is 16.5. The summed E-state index contributed by atoms with van der Waals surface area (Å²) in [5, 5.41) is 29.5. The third-order valence-electron chi connectivity index (χ3n) is 3.56. The minimum absolute atomic E-state index is 0.0434. The van der Waals surface area contributed by atoms with Crippen LogP contribution in [0.3, 0.4) is 0 Å². The number of rotatable bonds is 2. The number of hydrogen-bond donors (Lipinski definition) is 3. The summed E-state index contributed by atoms with van der Waals surface area (Å²) >= 11 is 0. The summed E-state index contributed by atoms with van der Waals surface area (Å²) < 4.78 is 10.9. The van der Waals surface area contributed by atoms with Gasteiger partial charge in [-0.1, -0.05) is 6.07 Å². The lowest BCUT2D eigenvalue weighted by molar-refractivity contribution is 0.0204. The largest absolute Gasteiger partial charge is 0.508 e. The quantitative estimate of drug-likeness (QED) is 0.789. The van der Waals surface area contributed by atoms with E-state index in [1.54, 1.807) is 18.2 Å². The fourth-order valence-corrected chi connectivity index (χ4v) is 2.55. The SMILES string of the molecule is COc1cc(O)cc(C2Oc3cc(O)ccc3CC2O)c1. The second-order valence-electron chi connectivity index (χ2n) is 5.07. The van der Waals surface area contributed by atoms with Crippen LogP contribution in [0.15, 0.2) is 36.4 Å². The van der Waals surface area contributed by atoms with Crippen molar-refractivity contribution in [3.63, 3.8) is 0 Å². The molecule has 0 amide bonds. The number of phenols is 2. The lowest BCUT2D eigenvalue weighted by Gasteiger charge is -2.31. The van der Waals surface area contributed by atoms with Gasteiger partial charge in [0, 0.05) is 24.1 Å². The first-order chi connectivity index (χ1) is 10.1. The zero-order valence-electron chi connectivity index (χ0n) is 11.5. The Balaban J connectivity index is 1.98. The van der Waals surface area contributed by atoms with E-state index in [9.17, 15) is 15.3 Å². The lowest BCUT2D eigenvalue weighted by Crippen LogP contribution is -2.30. The average Bonchev–Trinajstić information content (AvgIpc) is 2.46. The second kappa shape index (κ2) is 5.18. The number of aliphatic hydroxyl groups excluding tert-OH is 1. The molecule has 2 atom stereocenters. The third-order valence-corrected chi connectivity index (χ3v) is 3.56. The van der Waals surface area contributed by atoms with Crippen molar-refractivity contribution < 1.29 is 24.8 Å². The summed E-state index contributed by atoms with van der Waals surface area (Å²) in [5.74, 6) is 1.18. The number of aliphatic hydroxyl groups is 1. The zero-order chi connectivity index (χ0) is 15.0. The standard InChI is InChI=1S/C16H16O5/c1-20-13-5-10(4-12(18)7-13)16-14(19)6-9-2-3-11(17)8-15(9)21-16/h2-5,7-8,14,16-19H,6H2,1H3. The van der Waals surface area contributed by atoms with Gasteiger partial charge in [0.15, 0.2) is 6.10 Å². The van der Waals surface area contributed by atoms with Crippen molar-refractivity contribution in [2.45, 2.75) is 18.6 Å². The first-order valence-electron chi connectivity index (χ1n) is 6.61. The Morgan fingerprint density at radius 1 is 1.10 bits per heavy atom. The van der Waals surface area contributed by atoms with Crippen LogP contribution < -0.4 is 9.47 Å². The van der Waals surface area contributed by atoms with Crippen LogP contribution >= 0.6 is 0 Å². The molecule has 2 unspecified atom stereocenters. The molecular formula is C16H16O5. The monoisotopic (exact) mass is 288 g/mol. The Labute approximate surface area is 122 Å². The molecule has 3 N–H and O–H groups in total. The number of ether oxygens (including phenoxy) is 2. The van der Waals surface area contributed by atoms with Crippen LogP contribution in [0, 0.1) is 0 Å². The average molecular weight is 288 g/mol. The second-order valence-corrected chi connectivity index (χ2v) is 5.07. The molecule has 0 saturated carbocycles. The molecule has 0 aliphatic carbocycles. The molecular weight excluding hydrogens is 272 g/mol. The van der Waals surface area contributed by atoms with E-state index in [1.807, 2.05) is 0 Å². The van der Waals surface area contributed by atoms with Gasteiger partial charge in [-0.3, -0.25) is 0 Å². The van der Waals surface area contributed by atoms with Gasteiger partial charge in [0.25, 0.3) is 0 Å². The van der Waals surface area contributed by atoms with E-state index in [0.717, 1.165) is 5.56 Å². The molecule has 0 aromatic heterocycles. The van der Waals surface area contributed by atoms with Crippen molar-refractivity contribution in [3.8, 4) is 23.0 Å². The fraction of sp³-hybridized carbons (Fsp3) is 0.250. The zero-order valence-corrected chi connectivity index (χ0v) is 11.5. The van der Waals surface area contributed by atoms with E-state index in [4.69, 9.17) is 9.47 Å². The molecule has 1 aliphatic rings. The number of methoxy groups -OCH3 is 1. The Kier molecular flexibility index (Phi) is 3.35. The highest BCUT2D eigenvalue weighted by Crippen LogP contribution is 2.38. The summed E-state index contributed by atoms with van der Waals surface area (Å²) in [6, 6.07) is 9.54. The molecule has 5 heteroatoms. The number of fused-ring (bicyclic) bond motifs is 1. The molecule has 0 bridgehead atoms. The van der Waals surface area contributed by atoms with Crippen molar-refractivity contribution in [2.75, 3.05) is 7.11 Å². The summed E-state index contributed by atoms with van der Waals surface area (Å²) in [4.78, 5) is 0. The Morgan fingerprint density at radius 2 is 1.90 bits per heavy atom. The molecule has 5 nitrogen and oxygen atoms in total. The minimum atomic E-state index is -0.742. The van der Waals surface area contributed by atoms with E-state index in [1.165, 1.54) is 25.3 Å².